The van der Waals surface area contributed by atoms with E-state index in [4.69, 9.17) is 0 Å². The number of fused-ring (bicyclic) bond motifs is 3. The van der Waals surface area contributed by atoms with Crippen molar-refractivity contribution in [2.45, 2.75) is 37.9 Å². The third kappa shape index (κ3) is 3.57. The molecular formula is C20H18F4N4O2. The molecule has 0 radical (unpaired) electrons. The summed E-state index contributed by atoms with van der Waals surface area (Å²) in [6.07, 6.45) is -0.0977. The van der Waals surface area contributed by atoms with E-state index >= 15 is 0 Å². The molecule has 158 valence electrons. The summed E-state index contributed by atoms with van der Waals surface area (Å²) in [7, 11) is 1.75. The largest absolute Gasteiger partial charge is 0.481 e. The number of hydrogen-bond acceptors (Lipinski definition) is 4. The Bertz CT molecular complexity index is 1110. The van der Waals surface area contributed by atoms with Crippen LogP contribution in [-0.4, -0.2) is 38.5 Å². The van der Waals surface area contributed by atoms with Crippen molar-refractivity contribution >= 4 is 17.4 Å². The molecule has 0 aliphatic heterocycles. The Hall–Kier alpha value is -3.17. The molecule has 30 heavy (non-hydrogen) atoms. The Labute approximate surface area is 168 Å². The van der Waals surface area contributed by atoms with Gasteiger partial charge in [0.25, 0.3) is 0 Å². The van der Waals surface area contributed by atoms with Crippen molar-refractivity contribution in [3.8, 4) is 0 Å². The first kappa shape index (κ1) is 20.1. The third-order valence-corrected chi connectivity index (χ3v) is 5.54. The molecule has 4 rings (SSSR count). The third-order valence-electron chi connectivity index (χ3n) is 5.54. The van der Waals surface area contributed by atoms with Crippen molar-refractivity contribution in [1.29, 1.82) is 0 Å². The lowest BCUT2D eigenvalue weighted by atomic mass is 9.89. The van der Waals surface area contributed by atoms with E-state index in [0.717, 1.165) is 30.2 Å². The second-order valence-corrected chi connectivity index (χ2v) is 7.35. The molecule has 0 bridgehead atoms. The molecular weight excluding hydrogens is 404 g/mol. The first-order valence-corrected chi connectivity index (χ1v) is 9.29. The number of anilines is 1. The zero-order chi connectivity index (χ0) is 21.6. The maximum Gasteiger partial charge on any atom is 0.417 e. The average molecular weight is 422 g/mol. The molecule has 3 aromatic rings. The number of rotatable bonds is 4. The lowest BCUT2D eigenvalue weighted by Gasteiger charge is -2.31. The van der Waals surface area contributed by atoms with Gasteiger partial charge in [-0.3, -0.25) is 4.79 Å². The Morgan fingerprint density at radius 2 is 2.00 bits per heavy atom. The maximum absolute atomic E-state index is 13.3. The molecule has 3 aromatic heterocycles. The van der Waals surface area contributed by atoms with E-state index in [2.05, 4.69) is 9.97 Å². The highest BCUT2D eigenvalue weighted by molar-refractivity contribution is 5.77. The van der Waals surface area contributed by atoms with E-state index in [1.807, 2.05) is 0 Å². The number of hydrogen-bond donors (Lipinski definition) is 1. The normalized spacial score (nSPS) is 16.5. The van der Waals surface area contributed by atoms with Gasteiger partial charge in [-0.15, -0.1) is 0 Å². The monoisotopic (exact) mass is 422 g/mol. The topological polar surface area (TPSA) is 70.7 Å². The van der Waals surface area contributed by atoms with E-state index in [9.17, 15) is 27.5 Å². The molecule has 10 heteroatoms. The minimum Gasteiger partial charge on any atom is -0.481 e. The molecule has 1 atom stereocenters. The van der Waals surface area contributed by atoms with Gasteiger partial charge in [0, 0.05) is 36.9 Å². The summed E-state index contributed by atoms with van der Waals surface area (Å²) in [5, 5.41) is 9.30. The predicted octanol–water partition coefficient (Wildman–Crippen LogP) is 3.51. The summed E-state index contributed by atoms with van der Waals surface area (Å²) < 4.78 is 54.4. The summed E-state index contributed by atoms with van der Waals surface area (Å²) in [5.74, 6) is -1.29. The molecule has 1 unspecified atom stereocenters. The lowest BCUT2D eigenvalue weighted by molar-refractivity contribution is -0.138. The smallest absolute Gasteiger partial charge is 0.417 e. The quantitative estimate of drug-likeness (QED) is 0.652. The van der Waals surface area contributed by atoms with Crippen molar-refractivity contribution in [3.63, 3.8) is 0 Å². The van der Waals surface area contributed by atoms with E-state index in [1.54, 1.807) is 11.9 Å². The van der Waals surface area contributed by atoms with Gasteiger partial charge in [0.15, 0.2) is 5.82 Å². The Morgan fingerprint density at radius 3 is 2.63 bits per heavy atom. The average Bonchev–Trinajstić information content (AvgIpc) is 2.99. The lowest BCUT2D eigenvalue weighted by Crippen LogP contribution is -2.38. The van der Waals surface area contributed by atoms with Gasteiger partial charge >= 0.3 is 12.1 Å². The van der Waals surface area contributed by atoms with Gasteiger partial charge in [0.2, 0.25) is 5.95 Å². The van der Waals surface area contributed by atoms with Crippen LogP contribution in [0.4, 0.5) is 23.5 Å². The van der Waals surface area contributed by atoms with Crippen LogP contribution < -0.4 is 4.90 Å². The second-order valence-electron chi connectivity index (χ2n) is 7.35. The van der Waals surface area contributed by atoms with E-state index in [1.165, 1.54) is 10.5 Å². The van der Waals surface area contributed by atoms with E-state index in [-0.39, 0.29) is 12.5 Å². The maximum atomic E-state index is 13.3. The number of likely N-dealkylation sites (N-methyl/N-ethyl adjacent to an activating group) is 1. The SMILES string of the molecule is CN(c1ncc(F)cn1)C1CCc2c(CC(=O)O)c3ccc(C(F)(F)F)cn3c2C1. The molecule has 0 spiro atoms. The first-order chi connectivity index (χ1) is 14.1. The summed E-state index contributed by atoms with van der Waals surface area (Å²) in [6.45, 7) is 0. The Morgan fingerprint density at radius 1 is 1.30 bits per heavy atom. The van der Waals surface area contributed by atoms with Crippen LogP contribution in [0.2, 0.25) is 0 Å². The van der Waals surface area contributed by atoms with Gasteiger partial charge < -0.3 is 14.4 Å². The summed E-state index contributed by atoms with van der Waals surface area (Å²) in [4.78, 5) is 21.1. The molecule has 3 heterocycles. The molecule has 1 aliphatic rings. The zero-order valence-electron chi connectivity index (χ0n) is 15.9. The van der Waals surface area contributed by atoms with Gasteiger partial charge in [0.1, 0.15) is 0 Å². The number of carboxylic acid groups (broad SMARTS) is 1. The molecule has 0 amide bonds. The van der Waals surface area contributed by atoms with Crippen LogP contribution in [0.5, 0.6) is 0 Å². The number of aliphatic carboxylic acids is 1. The Kier molecular flexibility index (Phi) is 4.87. The predicted molar refractivity (Wildman–Crippen MR) is 99.9 cm³/mol. The molecule has 0 saturated heterocycles. The van der Waals surface area contributed by atoms with Crippen LogP contribution in [0.25, 0.3) is 5.52 Å². The highest BCUT2D eigenvalue weighted by Crippen LogP contribution is 2.36. The van der Waals surface area contributed by atoms with Crippen LogP contribution >= 0.6 is 0 Å². The number of carbonyl (C=O) groups is 1. The first-order valence-electron chi connectivity index (χ1n) is 9.29. The fraction of sp³-hybridized carbons (Fsp3) is 0.350. The second kappa shape index (κ2) is 7.26. The van der Waals surface area contributed by atoms with Crippen molar-refractivity contribution in [2.24, 2.45) is 0 Å². The van der Waals surface area contributed by atoms with Gasteiger partial charge in [0.05, 0.1) is 24.4 Å². The number of pyridine rings is 1. The van der Waals surface area contributed by atoms with Gasteiger partial charge in [-0.25, -0.2) is 14.4 Å². The van der Waals surface area contributed by atoms with Crippen LogP contribution in [0, 0.1) is 5.82 Å². The zero-order valence-corrected chi connectivity index (χ0v) is 15.9. The molecule has 1 aliphatic carbocycles. The highest BCUT2D eigenvalue weighted by atomic mass is 19.4. The van der Waals surface area contributed by atoms with Gasteiger partial charge in [-0.1, -0.05) is 0 Å². The summed E-state index contributed by atoms with van der Waals surface area (Å²) in [5.41, 5.74) is 1.65. The molecule has 0 fully saturated rings. The number of alkyl halides is 3. The van der Waals surface area contributed by atoms with Crippen molar-refractivity contribution in [3.05, 3.63) is 58.9 Å². The number of halogens is 4. The number of nitrogens with zero attached hydrogens (tertiary/aromatic N) is 4. The van der Waals surface area contributed by atoms with Gasteiger partial charge in [-0.05, 0) is 36.1 Å². The van der Waals surface area contributed by atoms with E-state index in [0.29, 0.717) is 42.0 Å². The fourth-order valence-electron chi connectivity index (χ4n) is 4.09. The molecule has 1 N–H and O–H groups in total. The Balaban J connectivity index is 1.77. The van der Waals surface area contributed by atoms with Crippen LogP contribution in [0.3, 0.4) is 0 Å². The molecule has 6 nitrogen and oxygen atoms in total. The van der Waals surface area contributed by atoms with Crippen LogP contribution in [0.1, 0.15) is 28.8 Å². The minimum absolute atomic E-state index is 0.131. The van der Waals surface area contributed by atoms with Crippen LogP contribution in [0.15, 0.2) is 30.7 Å². The van der Waals surface area contributed by atoms with E-state index < -0.39 is 23.5 Å². The van der Waals surface area contributed by atoms with Crippen molar-refractivity contribution < 1.29 is 27.5 Å². The van der Waals surface area contributed by atoms with Crippen molar-refractivity contribution in [1.82, 2.24) is 14.4 Å². The standard InChI is InChI=1S/C20H18F4N4O2/c1-27(19-25-8-12(21)9-26-19)13-3-4-14-15(7-18(29)30)16-5-2-11(20(22,23)24)10-28(16)17(14)6-13/h2,5,8-10,13H,3-4,6-7H2,1H3,(H,29,30). The highest BCUT2D eigenvalue weighted by Gasteiger charge is 2.34. The number of aromatic nitrogens is 3. The van der Waals surface area contributed by atoms with Crippen LogP contribution in [-0.2, 0) is 30.2 Å². The summed E-state index contributed by atoms with van der Waals surface area (Å²) in [6, 6.07) is 2.18. The fourth-order valence-corrected chi connectivity index (χ4v) is 4.09. The molecule has 0 saturated carbocycles. The van der Waals surface area contributed by atoms with Crippen molar-refractivity contribution in [2.75, 3.05) is 11.9 Å². The number of carboxylic acids is 1. The van der Waals surface area contributed by atoms with Gasteiger partial charge in [-0.2, -0.15) is 13.2 Å². The minimum atomic E-state index is -4.51. The molecule has 0 aromatic carbocycles. The summed E-state index contributed by atoms with van der Waals surface area (Å²) >= 11 is 0.